The molecular formula is C26H32. The van der Waals surface area contributed by atoms with E-state index in [0.29, 0.717) is 5.92 Å². The van der Waals surface area contributed by atoms with Crippen LogP contribution in [0.2, 0.25) is 0 Å². The molecule has 0 aromatic heterocycles. The normalized spacial score (nSPS) is 15.2. The largest absolute Gasteiger partial charge is 0.0653 e. The zero-order chi connectivity index (χ0) is 18.4. The molecule has 2 aromatic rings. The molecule has 26 heavy (non-hydrogen) atoms. The van der Waals surface area contributed by atoms with Crippen LogP contribution in [0.3, 0.4) is 0 Å². The SMILES string of the molecule is CCCC1=C(c2ccccc2)C(CCC)C(c2ccccc2)=C1CCC. The molecule has 0 N–H and O–H groups in total. The molecule has 0 saturated carbocycles. The number of benzene rings is 2. The van der Waals surface area contributed by atoms with Crippen LogP contribution in [0.1, 0.15) is 70.4 Å². The van der Waals surface area contributed by atoms with Gasteiger partial charge < -0.3 is 0 Å². The van der Waals surface area contributed by atoms with Crippen LogP contribution in [0.4, 0.5) is 0 Å². The van der Waals surface area contributed by atoms with Crippen molar-refractivity contribution in [1.29, 1.82) is 0 Å². The standard InChI is InChI=1S/C26H32/c1-4-13-22-23(14-5-2)26(21-18-11-8-12-19-21)24(15-6-3)25(22)20-16-9-7-10-17-20/h7-12,16-19,24H,4-6,13-15H2,1-3H3. The molecule has 2 aromatic carbocycles. The van der Waals surface area contributed by atoms with Crippen molar-refractivity contribution in [2.45, 2.75) is 59.3 Å². The van der Waals surface area contributed by atoms with Crippen molar-refractivity contribution in [3.8, 4) is 0 Å². The third kappa shape index (κ3) is 3.70. The van der Waals surface area contributed by atoms with E-state index in [9.17, 15) is 0 Å². The molecule has 136 valence electrons. The van der Waals surface area contributed by atoms with E-state index in [2.05, 4.69) is 81.4 Å². The summed E-state index contributed by atoms with van der Waals surface area (Å²) in [5, 5.41) is 0. The summed E-state index contributed by atoms with van der Waals surface area (Å²) < 4.78 is 0. The molecule has 0 amide bonds. The van der Waals surface area contributed by atoms with Crippen molar-refractivity contribution in [2.24, 2.45) is 5.92 Å². The number of rotatable bonds is 8. The van der Waals surface area contributed by atoms with E-state index in [1.165, 1.54) is 49.7 Å². The maximum Gasteiger partial charge on any atom is 0.0107 e. The molecule has 1 aliphatic carbocycles. The quantitative estimate of drug-likeness (QED) is 0.456. The Balaban J connectivity index is 2.21. The van der Waals surface area contributed by atoms with Crippen LogP contribution >= 0.6 is 0 Å². The fourth-order valence-electron chi connectivity index (χ4n) is 4.52. The summed E-state index contributed by atoms with van der Waals surface area (Å²) in [5.74, 6) is 0.535. The average molecular weight is 345 g/mol. The van der Waals surface area contributed by atoms with Gasteiger partial charge in [0.05, 0.1) is 0 Å². The van der Waals surface area contributed by atoms with Crippen molar-refractivity contribution in [1.82, 2.24) is 0 Å². The van der Waals surface area contributed by atoms with Gasteiger partial charge in [0.15, 0.2) is 0 Å². The minimum absolute atomic E-state index is 0.535. The summed E-state index contributed by atoms with van der Waals surface area (Å²) in [5.41, 5.74) is 9.34. The molecule has 0 atom stereocenters. The van der Waals surface area contributed by atoms with Gasteiger partial charge in [0.1, 0.15) is 0 Å². The number of hydrogen-bond donors (Lipinski definition) is 0. The van der Waals surface area contributed by atoms with Crippen molar-refractivity contribution in [3.05, 3.63) is 82.9 Å². The van der Waals surface area contributed by atoms with Gasteiger partial charge in [-0.1, -0.05) is 101 Å². The smallest absolute Gasteiger partial charge is 0.0107 e. The maximum absolute atomic E-state index is 2.32. The second-order valence-corrected chi connectivity index (χ2v) is 7.36. The van der Waals surface area contributed by atoms with Crippen LogP contribution in [0, 0.1) is 5.92 Å². The van der Waals surface area contributed by atoms with Crippen LogP contribution in [0.15, 0.2) is 71.8 Å². The van der Waals surface area contributed by atoms with Crippen molar-refractivity contribution >= 4 is 11.1 Å². The van der Waals surface area contributed by atoms with Gasteiger partial charge in [-0.2, -0.15) is 0 Å². The summed E-state index contributed by atoms with van der Waals surface area (Å²) in [4.78, 5) is 0. The lowest BCUT2D eigenvalue weighted by atomic mass is 9.83. The second-order valence-electron chi connectivity index (χ2n) is 7.36. The van der Waals surface area contributed by atoms with E-state index in [1.54, 1.807) is 22.3 Å². The first-order valence-electron chi connectivity index (χ1n) is 10.4. The highest BCUT2D eigenvalue weighted by Gasteiger charge is 2.33. The van der Waals surface area contributed by atoms with Crippen LogP contribution in [0.25, 0.3) is 11.1 Å². The Labute approximate surface area is 159 Å². The first kappa shape index (κ1) is 18.7. The van der Waals surface area contributed by atoms with Gasteiger partial charge in [-0.3, -0.25) is 0 Å². The minimum Gasteiger partial charge on any atom is -0.0653 e. The Bertz CT molecular complexity index is 697. The van der Waals surface area contributed by atoms with Gasteiger partial charge in [0.25, 0.3) is 0 Å². The fourth-order valence-corrected chi connectivity index (χ4v) is 4.52. The lowest BCUT2D eigenvalue weighted by molar-refractivity contribution is 0.721. The first-order valence-corrected chi connectivity index (χ1v) is 10.4. The molecule has 0 radical (unpaired) electrons. The number of allylic oxidation sites excluding steroid dienone is 4. The Morgan fingerprint density at radius 2 is 1.00 bits per heavy atom. The van der Waals surface area contributed by atoms with E-state index in [-0.39, 0.29) is 0 Å². The average Bonchev–Trinajstić information content (AvgIpc) is 2.97. The van der Waals surface area contributed by atoms with Gasteiger partial charge in [-0.25, -0.2) is 0 Å². The Morgan fingerprint density at radius 3 is 1.35 bits per heavy atom. The van der Waals surface area contributed by atoms with E-state index in [4.69, 9.17) is 0 Å². The molecule has 0 heteroatoms. The molecule has 1 aliphatic rings. The van der Waals surface area contributed by atoms with Gasteiger partial charge >= 0.3 is 0 Å². The van der Waals surface area contributed by atoms with E-state index in [1.807, 2.05) is 0 Å². The molecule has 0 spiro atoms. The lowest BCUT2D eigenvalue weighted by Crippen LogP contribution is -2.04. The molecule has 3 rings (SSSR count). The predicted octanol–water partition coefficient (Wildman–Crippen LogP) is 7.92. The Hall–Kier alpha value is -2.08. The zero-order valence-corrected chi connectivity index (χ0v) is 16.6. The highest BCUT2D eigenvalue weighted by atomic mass is 14.4. The molecule has 0 unspecified atom stereocenters. The highest BCUT2D eigenvalue weighted by Crippen LogP contribution is 2.51. The van der Waals surface area contributed by atoms with Crippen LogP contribution in [0.5, 0.6) is 0 Å². The summed E-state index contributed by atoms with van der Waals surface area (Å²) in [6.45, 7) is 6.95. The van der Waals surface area contributed by atoms with Crippen LogP contribution in [-0.2, 0) is 0 Å². The van der Waals surface area contributed by atoms with Gasteiger partial charge in [0.2, 0.25) is 0 Å². The molecule has 0 bridgehead atoms. The zero-order valence-electron chi connectivity index (χ0n) is 16.6. The molecule has 0 aliphatic heterocycles. The van der Waals surface area contributed by atoms with E-state index < -0.39 is 0 Å². The third-order valence-electron chi connectivity index (χ3n) is 5.46. The van der Waals surface area contributed by atoms with E-state index in [0.717, 1.165) is 0 Å². The first-order chi connectivity index (χ1) is 12.8. The maximum atomic E-state index is 2.32. The fraction of sp³-hybridized carbons (Fsp3) is 0.385. The topological polar surface area (TPSA) is 0 Å². The van der Waals surface area contributed by atoms with E-state index >= 15 is 0 Å². The number of hydrogen-bond acceptors (Lipinski definition) is 0. The van der Waals surface area contributed by atoms with Crippen molar-refractivity contribution in [3.63, 3.8) is 0 Å². The molecular weight excluding hydrogens is 312 g/mol. The van der Waals surface area contributed by atoms with Crippen molar-refractivity contribution in [2.75, 3.05) is 0 Å². The summed E-state index contributed by atoms with van der Waals surface area (Å²) in [6.07, 6.45) is 7.25. The molecule has 0 nitrogen and oxygen atoms in total. The van der Waals surface area contributed by atoms with Gasteiger partial charge in [0, 0.05) is 5.92 Å². The second kappa shape index (κ2) is 9.03. The highest BCUT2D eigenvalue weighted by molar-refractivity contribution is 5.94. The summed E-state index contributed by atoms with van der Waals surface area (Å²) >= 11 is 0. The Morgan fingerprint density at radius 1 is 0.577 bits per heavy atom. The third-order valence-corrected chi connectivity index (χ3v) is 5.46. The molecule has 0 fully saturated rings. The molecule has 0 heterocycles. The van der Waals surface area contributed by atoms with Crippen molar-refractivity contribution < 1.29 is 0 Å². The van der Waals surface area contributed by atoms with Crippen LogP contribution in [-0.4, -0.2) is 0 Å². The van der Waals surface area contributed by atoms with Gasteiger partial charge in [-0.05, 0) is 52.7 Å². The summed E-state index contributed by atoms with van der Waals surface area (Å²) in [6, 6.07) is 22.3. The lowest BCUT2D eigenvalue weighted by Gasteiger charge is -2.20. The monoisotopic (exact) mass is 344 g/mol. The minimum atomic E-state index is 0.535. The Kier molecular flexibility index (Phi) is 6.50. The van der Waals surface area contributed by atoms with Crippen LogP contribution < -0.4 is 0 Å². The van der Waals surface area contributed by atoms with Gasteiger partial charge in [-0.15, -0.1) is 0 Å². The predicted molar refractivity (Wildman–Crippen MR) is 115 cm³/mol. The summed E-state index contributed by atoms with van der Waals surface area (Å²) in [7, 11) is 0. The molecule has 0 saturated heterocycles.